The molecule has 0 unspecified atom stereocenters. The molecule has 6 rings (SSSR count). The fraction of sp³-hybridized carbons (Fsp3) is 0.343. The number of nitrogens with one attached hydrogen (secondary N) is 1. The lowest BCUT2D eigenvalue weighted by atomic mass is 9.72. The number of piperazine rings is 1. The third-order valence-corrected chi connectivity index (χ3v) is 8.93. The van der Waals surface area contributed by atoms with Gasteiger partial charge in [-0.25, -0.2) is 4.79 Å². The Kier molecular flexibility index (Phi) is 7.77. The topological polar surface area (TPSA) is 68.8 Å². The molecule has 0 radical (unpaired) electrons. The number of H-pyrrole nitrogens is 1. The second kappa shape index (κ2) is 11.5. The van der Waals surface area contributed by atoms with E-state index < -0.39 is 5.97 Å². The van der Waals surface area contributed by atoms with E-state index in [1.165, 1.54) is 17.6 Å². The zero-order valence-electron chi connectivity index (χ0n) is 24.5. The average Bonchev–Trinajstić information content (AvgIpc) is 3.34. The van der Waals surface area contributed by atoms with E-state index >= 15 is 0 Å². The molecule has 0 saturated carbocycles. The highest BCUT2D eigenvalue weighted by Gasteiger charge is 2.29. The number of aryl methyl sites for hydroxylation is 1. The van der Waals surface area contributed by atoms with Crippen molar-refractivity contribution in [1.29, 1.82) is 0 Å². The summed E-state index contributed by atoms with van der Waals surface area (Å²) in [6.07, 6.45) is 3.41. The number of halogens is 1. The number of ether oxygens (including phenoxy) is 1. The molecule has 2 heterocycles. The third-order valence-electron chi connectivity index (χ3n) is 8.68. The van der Waals surface area contributed by atoms with Crippen molar-refractivity contribution in [3.63, 3.8) is 0 Å². The van der Waals surface area contributed by atoms with Gasteiger partial charge in [-0.3, -0.25) is 4.90 Å². The summed E-state index contributed by atoms with van der Waals surface area (Å²) in [6.45, 7) is 11.4. The summed E-state index contributed by atoms with van der Waals surface area (Å²) in [5.41, 5.74) is 7.84. The first-order valence-electron chi connectivity index (χ1n) is 14.7. The Balaban J connectivity index is 1.17. The van der Waals surface area contributed by atoms with E-state index in [-0.39, 0.29) is 5.56 Å². The van der Waals surface area contributed by atoms with Gasteiger partial charge in [-0.2, -0.15) is 0 Å². The second-order valence-electron chi connectivity index (χ2n) is 12.5. The molecule has 218 valence electrons. The van der Waals surface area contributed by atoms with Crippen LogP contribution >= 0.6 is 11.6 Å². The van der Waals surface area contributed by atoms with E-state index in [2.05, 4.69) is 46.8 Å². The third kappa shape index (κ3) is 6.20. The van der Waals surface area contributed by atoms with Gasteiger partial charge in [0.2, 0.25) is 0 Å². The Morgan fingerprint density at radius 3 is 2.50 bits per heavy atom. The van der Waals surface area contributed by atoms with Gasteiger partial charge in [0.25, 0.3) is 0 Å². The van der Waals surface area contributed by atoms with Crippen molar-refractivity contribution in [2.75, 3.05) is 37.6 Å². The number of carbonyl (C=O) groups is 1. The zero-order valence-corrected chi connectivity index (χ0v) is 25.3. The maximum Gasteiger partial charge on any atom is 0.339 e. The van der Waals surface area contributed by atoms with Crippen molar-refractivity contribution in [3.8, 4) is 11.5 Å². The lowest BCUT2D eigenvalue weighted by Crippen LogP contribution is -2.47. The quantitative estimate of drug-likeness (QED) is 0.229. The van der Waals surface area contributed by atoms with E-state index in [0.29, 0.717) is 16.9 Å². The van der Waals surface area contributed by atoms with Crippen molar-refractivity contribution in [3.05, 3.63) is 94.1 Å². The molecule has 1 aliphatic heterocycles. The molecular weight excluding hydrogens is 546 g/mol. The molecule has 1 fully saturated rings. The highest BCUT2D eigenvalue weighted by Crippen LogP contribution is 2.43. The molecule has 3 aromatic carbocycles. The smallest absolute Gasteiger partial charge is 0.339 e. The molecule has 2 N–H and O–H groups in total. The molecule has 7 heteroatoms. The summed E-state index contributed by atoms with van der Waals surface area (Å²) < 4.78 is 6.17. The molecule has 0 amide bonds. The minimum absolute atomic E-state index is 0.157. The molecular formula is C35H38ClN3O3. The fourth-order valence-corrected chi connectivity index (χ4v) is 6.44. The minimum atomic E-state index is -1.000. The summed E-state index contributed by atoms with van der Waals surface area (Å²) in [6, 6.07) is 21.6. The summed E-state index contributed by atoms with van der Waals surface area (Å²) >= 11 is 6.19. The summed E-state index contributed by atoms with van der Waals surface area (Å²) in [5.74, 6) is -0.0247. The SMILES string of the molecule is Cc1cc2cc(Oc3cc(N4CCN(CC5=C(c6ccc(Cl)cc6)CC(C)(C)CC5)CC4)ccc3C(=O)O)ccc2[nH]1. The molecule has 2 aliphatic rings. The Morgan fingerprint density at radius 1 is 1.00 bits per heavy atom. The van der Waals surface area contributed by atoms with E-state index in [1.54, 1.807) is 11.6 Å². The minimum Gasteiger partial charge on any atom is -0.478 e. The predicted octanol–water partition coefficient (Wildman–Crippen LogP) is 8.41. The molecule has 0 bridgehead atoms. The first kappa shape index (κ1) is 28.4. The van der Waals surface area contributed by atoms with Crippen molar-refractivity contribution < 1.29 is 14.6 Å². The number of allylic oxidation sites excluding steroid dienone is 1. The van der Waals surface area contributed by atoms with E-state index in [9.17, 15) is 9.90 Å². The monoisotopic (exact) mass is 583 g/mol. The van der Waals surface area contributed by atoms with Crippen LogP contribution in [0.1, 0.15) is 54.7 Å². The summed E-state index contributed by atoms with van der Waals surface area (Å²) in [4.78, 5) is 20.2. The van der Waals surface area contributed by atoms with Crippen molar-refractivity contribution >= 4 is 39.7 Å². The number of carboxylic acids is 1. The van der Waals surface area contributed by atoms with Crippen LogP contribution in [0.2, 0.25) is 5.02 Å². The standard InChI is InChI=1S/C35H38ClN3O3/c1-23-18-26-19-29(9-11-32(26)37-23)42-33-20-28(8-10-30(33)34(40)41)39-16-14-38(15-17-39)22-25-12-13-35(2,3)21-31(25)24-4-6-27(36)7-5-24/h4-11,18-20,37H,12-17,21-22H2,1-3H3,(H,40,41). The van der Waals surface area contributed by atoms with E-state index in [0.717, 1.165) is 72.9 Å². The van der Waals surface area contributed by atoms with E-state index in [4.69, 9.17) is 16.3 Å². The Hall–Kier alpha value is -3.74. The number of hydrogen-bond donors (Lipinski definition) is 2. The highest BCUT2D eigenvalue weighted by molar-refractivity contribution is 6.30. The van der Waals surface area contributed by atoms with Gasteiger partial charge in [0.15, 0.2) is 0 Å². The Labute approximate surface area is 252 Å². The maximum atomic E-state index is 12.0. The molecule has 6 nitrogen and oxygen atoms in total. The normalized spacial score (nSPS) is 17.6. The summed E-state index contributed by atoms with van der Waals surface area (Å²) in [7, 11) is 0. The first-order valence-corrected chi connectivity index (χ1v) is 15.1. The molecule has 1 aromatic heterocycles. The number of hydrogen-bond acceptors (Lipinski definition) is 4. The number of aromatic amines is 1. The van der Waals surface area contributed by atoms with Crippen LogP contribution in [-0.4, -0.2) is 53.7 Å². The highest BCUT2D eigenvalue weighted by atomic mass is 35.5. The van der Waals surface area contributed by atoms with Crippen LogP contribution in [0.4, 0.5) is 5.69 Å². The van der Waals surface area contributed by atoms with Crippen LogP contribution in [0.15, 0.2) is 72.3 Å². The van der Waals surface area contributed by atoms with Crippen molar-refractivity contribution in [2.24, 2.45) is 5.41 Å². The Bertz CT molecular complexity index is 1650. The second-order valence-corrected chi connectivity index (χ2v) is 12.9. The van der Waals surface area contributed by atoms with Gasteiger partial charge in [0.05, 0.1) is 0 Å². The predicted molar refractivity (Wildman–Crippen MR) is 171 cm³/mol. The van der Waals surface area contributed by atoms with Gasteiger partial charge in [-0.15, -0.1) is 0 Å². The Morgan fingerprint density at radius 2 is 1.76 bits per heavy atom. The molecule has 1 aliphatic carbocycles. The number of carboxylic acid groups (broad SMARTS) is 1. The van der Waals surface area contributed by atoms with E-state index in [1.807, 2.05) is 49.4 Å². The molecule has 42 heavy (non-hydrogen) atoms. The number of benzene rings is 3. The van der Waals surface area contributed by atoms with Crippen LogP contribution in [0, 0.1) is 12.3 Å². The number of anilines is 1. The van der Waals surface area contributed by atoms with Gasteiger partial charge >= 0.3 is 5.97 Å². The zero-order chi connectivity index (χ0) is 29.4. The van der Waals surface area contributed by atoms with Crippen LogP contribution < -0.4 is 9.64 Å². The number of nitrogens with zero attached hydrogens (tertiary/aromatic N) is 2. The first-order chi connectivity index (χ1) is 20.1. The molecule has 0 spiro atoms. The number of aromatic carboxylic acids is 1. The van der Waals surface area contributed by atoms with Crippen LogP contribution in [0.3, 0.4) is 0 Å². The average molecular weight is 584 g/mol. The van der Waals surface area contributed by atoms with Crippen molar-refractivity contribution in [1.82, 2.24) is 9.88 Å². The fourth-order valence-electron chi connectivity index (χ4n) is 6.31. The number of fused-ring (bicyclic) bond motifs is 1. The van der Waals surface area contributed by atoms with Gasteiger partial charge < -0.3 is 19.7 Å². The van der Waals surface area contributed by atoms with Gasteiger partial charge in [-0.05, 0) is 91.3 Å². The lowest BCUT2D eigenvalue weighted by Gasteiger charge is -2.39. The van der Waals surface area contributed by atoms with Gasteiger partial charge in [0.1, 0.15) is 17.1 Å². The number of aromatic nitrogens is 1. The molecule has 1 saturated heterocycles. The maximum absolute atomic E-state index is 12.0. The largest absolute Gasteiger partial charge is 0.478 e. The van der Waals surface area contributed by atoms with Crippen LogP contribution in [0.5, 0.6) is 11.5 Å². The van der Waals surface area contributed by atoms with Crippen molar-refractivity contribution in [2.45, 2.75) is 40.0 Å². The summed E-state index contributed by atoms with van der Waals surface area (Å²) in [5, 5.41) is 11.6. The van der Waals surface area contributed by atoms with Crippen LogP contribution in [0.25, 0.3) is 16.5 Å². The molecule has 0 atom stereocenters. The van der Waals surface area contributed by atoms with Gasteiger partial charge in [0, 0.05) is 66.1 Å². The van der Waals surface area contributed by atoms with Gasteiger partial charge in [-0.1, -0.05) is 43.2 Å². The lowest BCUT2D eigenvalue weighted by molar-refractivity contribution is 0.0694. The number of rotatable bonds is 7. The molecule has 4 aromatic rings. The van der Waals surface area contributed by atoms with Crippen LogP contribution in [-0.2, 0) is 0 Å².